The highest BCUT2D eigenvalue weighted by Crippen LogP contribution is 2.17. The predicted octanol–water partition coefficient (Wildman–Crippen LogP) is 4.08. The van der Waals surface area contributed by atoms with Crippen LogP contribution in [0.4, 0.5) is 0 Å². The van der Waals surface area contributed by atoms with Crippen molar-refractivity contribution in [2.45, 2.75) is 52.4 Å². The van der Waals surface area contributed by atoms with Gasteiger partial charge in [-0.2, -0.15) is 0 Å². The standard InChI is InChI=1S/C18H26O2/c1-3-4-5-6-9-14-20-18-12-11-17(16(2)15-18)10-7-8-13-19/h11-12,15,19H,3-6,8-9,13-14H2,1-2H3. The van der Waals surface area contributed by atoms with E-state index in [1.807, 2.05) is 25.1 Å². The number of aliphatic hydroxyl groups excluding tert-OH is 1. The predicted molar refractivity (Wildman–Crippen MR) is 84.0 cm³/mol. The lowest BCUT2D eigenvalue weighted by Gasteiger charge is -2.07. The molecule has 1 N–H and O–H groups in total. The molecule has 0 saturated heterocycles. The van der Waals surface area contributed by atoms with Crippen LogP contribution in [0.5, 0.6) is 5.75 Å². The maximum atomic E-state index is 8.71. The zero-order chi connectivity index (χ0) is 14.6. The Kier molecular flexibility index (Phi) is 8.58. The number of aliphatic hydroxyl groups is 1. The molecule has 0 spiro atoms. The van der Waals surface area contributed by atoms with Gasteiger partial charge in [0.25, 0.3) is 0 Å². The Bertz CT molecular complexity index is 440. The molecular weight excluding hydrogens is 248 g/mol. The Morgan fingerprint density at radius 1 is 1.15 bits per heavy atom. The van der Waals surface area contributed by atoms with Crippen molar-refractivity contribution in [3.63, 3.8) is 0 Å². The van der Waals surface area contributed by atoms with Crippen molar-refractivity contribution >= 4 is 0 Å². The number of rotatable bonds is 8. The highest BCUT2D eigenvalue weighted by Gasteiger charge is 1.99. The van der Waals surface area contributed by atoms with Gasteiger partial charge >= 0.3 is 0 Å². The van der Waals surface area contributed by atoms with Crippen molar-refractivity contribution in [3.8, 4) is 17.6 Å². The summed E-state index contributed by atoms with van der Waals surface area (Å²) in [7, 11) is 0. The van der Waals surface area contributed by atoms with Crippen molar-refractivity contribution in [2.75, 3.05) is 13.2 Å². The van der Waals surface area contributed by atoms with Crippen LogP contribution in [-0.4, -0.2) is 18.3 Å². The van der Waals surface area contributed by atoms with Gasteiger partial charge in [0, 0.05) is 12.0 Å². The quantitative estimate of drug-likeness (QED) is 0.572. The molecule has 20 heavy (non-hydrogen) atoms. The van der Waals surface area contributed by atoms with Gasteiger partial charge in [-0.3, -0.25) is 0 Å². The third kappa shape index (κ3) is 6.63. The minimum absolute atomic E-state index is 0.116. The molecule has 0 unspecified atom stereocenters. The molecule has 0 saturated carbocycles. The van der Waals surface area contributed by atoms with Gasteiger partial charge in [-0.05, 0) is 37.1 Å². The monoisotopic (exact) mass is 274 g/mol. The highest BCUT2D eigenvalue weighted by atomic mass is 16.5. The Labute approximate surface area is 123 Å². The summed E-state index contributed by atoms with van der Waals surface area (Å²) in [6.45, 7) is 5.17. The van der Waals surface area contributed by atoms with Gasteiger partial charge in [0.1, 0.15) is 5.75 Å². The summed E-state index contributed by atoms with van der Waals surface area (Å²) in [5.74, 6) is 6.93. The zero-order valence-corrected chi connectivity index (χ0v) is 12.7. The zero-order valence-electron chi connectivity index (χ0n) is 12.7. The number of hydrogen-bond acceptors (Lipinski definition) is 2. The second kappa shape index (κ2) is 10.3. The molecule has 0 aromatic heterocycles. The molecule has 0 heterocycles. The third-order valence-corrected chi connectivity index (χ3v) is 3.17. The van der Waals surface area contributed by atoms with E-state index in [1.54, 1.807) is 0 Å². The van der Waals surface area contributed by atoms with E-state index >= 15 is 0 Å². The van der Waals surface area contributed by atoms with E-state index in [0.717, 1.165) is 29.9 Å². The lowest BCUT2D eigenvalue weighted by Crippen LogP contribution is -1.98. The fourth-order valence-corrected chi connectivity index (χ4v) is 1.98. The molecule has 2 heteroatoms. The van der Waals surface area contributed by atoms with Crippen molar-refractivity contribution in [1.29, 1.82) is 0 Å². The van der Waals surface area contributed by atoms with Gasteiger partial charge in [0.2, 0.25) is 0 Å². The average Bonchev–Trinajstić information content (AvgIpc) is 2.45. The third-order valence-electron chi connectivity index (χ3n) is 3.17. The molecule has 0 atom stereocenters. The molecule has 0 aliphatic rings. The summed E-state index contributed by atoms with van der Waals surface area (Å²) >= 11 is 0. The fraction of sp³-hybridized carbons (Fsp3) is 0.556. The van der Waals surface area contributed by atoms with Gasteiger partial charge in [-0.25, -0.2) is 0 Å². The maximum Gasteiger partial charge on any atom is 0.119 e. The molecule has 0 amide bonds. The lowest BCUT2D eigenvalue weighted by molar-refractivity contribution is 0.304. The van der Waals surface area contributed by atoms with Crippen molar-refractivity contribution in [2.24, 2.45) is 0 Å². The molecule has 1 rings (SSSR count). The fourth-order valence-electron chi connectivity index (χ4n) is 1.98. The Hall–Kier alpha value is -1.46. The molecule has 110 valence electrons. The number of ether oxygens (including phenoxy) is 1. The summed E-state index contributed by atoms with van der Waals surface area (Å²) < 4.78 is 5.76. The van der Waals surface area contributed by atoms with Crippen LogP contribution < -0.4 is 4.74 Å². The first-order valence-electron chi connectivity index (χ1n) is 7.61. The summed E-state index contributed by atoms with van der Waals surface area (Å²) in [5.41, 5.74) is 2.13. The first-order valence-corrected chi connectivity index (χ1v) is 7.61. The van der Waals surface area contributed by atoms with Gasteiger partial charge in [0.15, 0.2) is 0 Å². The van der Waals surface area contributed by atoms with Gasteiger partial charge in [0.05, 0.1) is 13.2 Å². The average molecular weight is 274 g/mol. The molecule has 2 nitrogen and oxygen atoms in total. The first kappa shape index (κ1) is 16.6. The van der Waals surface area contributed by atoms with Crippen LogP contribution in [-0.2, 0) is 0 Å². The Morgan fingerprint density at radius 2 is 1.95 bits per heavy atom. The maximum absolute atomic E-state index is 8.71. The molecule has 0 aliphatic carbocycles. The number of unbranched alkanes of at least 4 members (excludes halogenated alkanes) is 4. The van der Waals surface area contributed by atoms with Crippen LogP contribution in [0, 0.1) is 18.8 Å². The van der Waals surface area contributed by atoms with Gasteiger partial charge in [-0.15, -0.1) is 0 Å². The van der Waals surface area contributed by atoms with Crippen LogP contribution in [0.1, 0.15) is 56.6 Å². The normalized spacial score (nSPS) is 9.95. The molecule has 1 aromatic carbocycles. The molecule has 1 aromatic rings. The highest BCUT2D eigenvalue weighted by molar-refractivity contribution is 5.44. The molecule has 0 aliphatic heterocycles. The van der Waals surface area contributed by atoms with E-state index in [-0.39, 0.29) is 6.61 Å². The van der Waals surface area contributed by atoms with Crippen LogP contribution in [0.15, 0.2) is 18.2 Å². The van der Waals surface area contributed by atoms with Crippen molar-refractivity contribution in [1.82, 2.24) is 0 Å². The summed E-state index contributed by atoms with van der Waals surface area (Å²) in [6, 6.07) is 6.00. The number of benzene rings is 1. The van der Waals surface area contributed by atoms with Crippen LogP contribution in [0.3, 0.4) is 0 Å². The Balaban J connectivity index is 2.38. The molecular formula is C18H26O2. The number of aryl methyl sites for hydroxylation is 1. The Morgan fingerprint density at radius 3 is 2.65 bits per heavy atom. The summed E-state index contributed by atoms with van der Waals surface area (Å²) in [5, 5.41) is 8.71. The molecule has 0 radical (unpaired) electrons. The van der Waals surface area contributed by atoms with E-state index < -0.39 is 0 Å². The first-order chi connectivity index (χ1) is 9.77. The molecule has 0 fully saturated rings. The van der Waals surface area contributed by atoms with Crippen molar-refractivity contribution in [3.05, 3.63) is 29.3 Å². The van der Waals surface area contributed by atoms with Crippen LogP contribution in [0.25, 0.3) is 0 Å². The summed E-state index contributed by atoms with van der Waals surface area (Å²) in [4.78, 5) is 0. The molecule has 0 bridgehead atoms. The lowest BCUT2D eigenvalue weighted by atomic mass is 10.1. The minimum atomic E-state index is 0.116. The number of hydrogen-bond donors (Lipinski definition) is 1. The smallest absolute Gasteiger partial charge is 0.119 e. The van der Waals surface area contributed by atoms with Gasteiger partial charge in [-0.1, -0.05) is 44.4 Å². The van der Waals surface area contributed by atoms with E-state index in [1.165, 1.54) is 25.7 Å². The second-order valence-corrected chi connectivity index (χ2v) is 5.01. The van der Waals surface area contributed by atoms with Crippen LogP contribution >= 0.6 is 0 Å². The van der Waals surface area contributed by atoms with E-state index in [2.05, 4.69) is 18.8 Å². The van der Waals surface area contributed by atoms with E-state index in [4.69, 9.17) is 9.84 Å². The van der Waals surface area contributed by atoms with Gasteiger partial charge < -0.3 is 9.84 Å². The summed E-state index contributed by atoms with van der Waals surface area (Å²) in [6.07, 6.45) is 6.79. The minimum Gasteiger partial charge on any atom is -0.494 e. The topological polar surface area (TPSA) is 29.5 Å². The SMILES string of the molecule is CCCCCCCOc1ccc(C#CCCO)c(C)c1. The van der Waals surface area contributed by atoms with Crippen LogP contribution in [0.2, 0.25) is 0 Å². The van der Waals surface area contributed by atoms with Crippen molar-refractivity contribution < 1.29 is 9.84 Å². The second-order valence-electron chi connectivity index (χ2n) is 5.01. The van der Waals surface area contributed by atoms with E-state index in [9.17, 15) is 0 Å². The largest absolute Gasteiger partial charge is 0.494 e. The van der Waals surface area contributed by atoms with E-state index in [0.29, 0.717) is 6.42 Å².